The molecule has 2 aliphatic heterocycles. The van der Waals surface area contributed by atoms with Crippen molar-refractivity contribution in [1.82, 2.24) is 0 Å². The van der Waals surface area contributed by atoms with Gasteiger partial charge in [0.1, 0.15) is 12.4 Å². The molecular formula is C17H20F3NO3. The molecule has 2 heterocycles. The van der Waals surface area contributed by atoms with Crippen LogP contribution in [0.15, 0.2) is 18.2 Å². The van der Waals surface area contributed by atoms with Crippen molar-refractivity contribution in [3.63, 3.8) is 0 Å². The summed E-state index contributed by atoms with van der Waals surface area (Å²) in [5.74, 6) is -0.0825. The highest BCUT2D eigenvalue weighted by Crippen LogP contribution is 2.39. The van der Waals surface area contributed by atoms with E-state index in [4.69, 9.17) is 9.47 Å². The fraction of sp³-hybridized carbons (Fsp3) is 0.588. The molecular weight excluding hydrogens is 323 g/mol. The molecule has 0 aliphatic carbocycles. The predicted octanol–water partition coefficient (Wildman–Crippen LogP) is 3.63. The number of carbonyl (C=O) groups is 1. The van der Waals surface area contributed by atoms with Gasteiger partial charge in [0, 0.05) is 5.92 Å². The third-order valence-electron chi connectivity index (χ3n) is 4.46. The molecule has 2 aliphatic rings. The molecule has 0 saturated carbocycles. The van der Waals surface area contributed by atoms with Gasteiger partial charge in [-0.15, -0.1) is 0 Å². The lowest BCUT2D eigenvalue weighted by molar-refractivity contribution is -0.137. The highest BCUT2D eigenvalue weighted by Gasteiger charge is 2.37. The third-order valence-corrected chi connectivity index (χ3v) is 4.46. The number of halogens is 3. The normalized spacial score (nSPS) is 27.4. The van der Waals surface area contributed by atoms with Gasteiger partial charge >= 0.3 is 6.18 Å². The molecule has 0 aromatic heterocycles. The maximum absolute atomic E-state index is 13.0. The first kappa shape index (κ1) is 17.1. The number of rotatable bonds is 1. The summed E-state index contributed by atoms with van der Waals surface area (Å²) in [6, 6.07) is 3.26. The molecule has 24 heavy (non-hydrogen) atoms. The molecule has 0 N–H and O–H groups in total. The largest absolute Gasteiger partial charge is 0.490 e. The molecule has 1 saturated heterocycles. The SMILES string of the molecule is C[C@@H]1CC(C(=O)N2CCOc3ccc(C(F)(F)F)cc32)C[C@H](C)O1. The van der Waals surface area contributed by atoms with Crippen molar-refractivity contribution < 1.29 is 27.4 Å². The number of alkyl halides is 3. The van der Waals surface area contributed by atoms with Crippen LogP contribution in [0.2, 0.25) is 0 Å². The van der Waals surface area contributed by atoms with E-state index in [2.05, 4.69) is 0 Å². The summed E-state index contributed by atoms with van der Waals surface area (Å²) in [7, 11) is 0. The summed E-state index contributed by atoms with van der Waals surface area (Å²) < 4.78 is 50.0. The standard InChI is InChI=1S/C17H20F3NO3/c1-10-7-12(8-11(2)24-10)16(22)21-5-6-23-15-4-3-13(9-14(15)21)17(18,19)20/h3-4,9-12H,5-8H2,1-2H3/t10-,11+,12?. The van der Waals surface area contributed by atoms with Crippen LogP contribution in [0.3, 0.4) is 0 Å². The fourth-order valence-electron chi connectivity index (χ4n) is 3.45. The lowest BCUT2D eigenvalue weighted by Crippen LogP contribution is -2.45. The second-order valence-electron chi connectivity index (χ2n) is 6.44. The Kier molecular flexibility index (Phi) is 4.46. The summed E-state index contributed by atoms with van der Waals surface area (Å²) in [5, 5.41) is 0. The molecule has 7 heteroatoms. The smallest absolute Gasteiger partial charge is 0.416 e. The molecule has 1 amide bonds. The summed E-state index contributed by atoms with van der Waals surface area (Å²) in [5.41, 5.74) is -0.578. The maximum Gasteiger partial charge on any atom is 0.416 e. The quantitative estimate of drug-likeness (QED) is 0.782. The van der Waals surface area contributed by atoms with E-state index in [1.165, 1.54) is 11.0 Å². The number of carbonyl (C=O) groups excluding carboxylic acids is 1. The van der Waals surface area contributed by atoms with Gasteiger partial charge < -0.3 is 14.4 Å². The molecule has 3 rings (SSSR count). The van der Waals surface area contributed by atoms with Gasteiger partial charge in [-0.25, -0.2) is 0 Å². The molecule has 1 fully saturated rings. The monoisotopic (exact) mass is 343 g/mol. The van der Waals surface area contributed by atoms with E-state index in [9.17, 15) is 18.0 Å². The van der Waals surface area contributed by atoms with Crippen molar-refractivity contribution in [3.05, 3.63) is 23.8 Å². The molecule has 4 nitrogen and oxygen atoms in total. The predicted molar refractivity (Wildman–Crippen MR) is 82.0 cm³/mol. The Bertz CT molecular complexity index is 622. The molecule has 0 spiro atoms. The molecule has 1 aromatic carbocycles. The van der Waals surface area contributed by atoms with Crippen molar-refractivity contribution in [2.75, 3.05) is 18.1 Å². The van der Waals surface area contributed by atoms with Gasteiger partial charge in [0.25, 0.3) is 0 Å². The lowest BCUT2D eigenvalue weighted by Gasteiger charge is -2.36. The summed E-state index contributed by atoms with van der Waals surface area (Å²) in [4.78, 5) is 14.3. The van der Waals surface area contributed by atoms with Crippen molar-refractivity contribution in [2.24, 2.45) is 5.92 Å². The van der Waals surface area contributed by atoms with Crippen LogP contribution in [-0.4, -0.2) is 31.3 Å². The first-order valence-electron chi connectivity index (χ1n) is 8.06. The zero-order valence-corrected chi connectivity index (χ0v) is 13.6. The molecule has 0 radical (unpaired) electrons. The highest BCUT2D eigenvalue weighted by atomic mass is 19.4. The van der Waals surface area contributed by atoms with Gasteiger partial charge in [-0.3, -0.25) is 4.79 Å². The van der Waals surface area contributed by atoms with E-state index in [-0.39, 0.29) is 42.9 Å². The Hall–Kier alpha value is -1.76. The van der Waals surface area contributed by atoms with Crippen LogP contribution < -0.4 is 9.64 Å². The summed E-state index contributed by atoms with van der Waals surface area (Å²) >= 11 is 0. The van der Waals surface area contributed by atoms with E-state index in [0.717, 1.165) is 12.1 Å². The van der Waals surface area contributed by atoms with Gasteiger partial charge in [0.05, 0.1) is 30.0 Å². The average Bonchev–Trinajstić information content (AvgIpc) is 2.51. The van der Waals surface area contributed by atoms with Crippen LogP contribution in [0.5, 0.6) is 5.75 Å². The fourth-order valence-corrected chi connectivity index (χ4v) is 3.45. The minimum Gasteiger partial charge on any atom is -0.490 e. The minimum atomic E-state index is -4.46. The van der Waals surface area contributed by atoms with E-state index in [0.29, 0.717) is 18.6 Å². The summed E-state index contributed by atoms with van der Waals surface area (Å²) in [6.45, 7) is 4.35. The van der Waals surface area contributed by atoms with E-state index in [1.807, 2.05) is 13.8 Å². The molecule has 1 aromatic rings. The van der Waals surface area contributed by atoms with E-state index < -0.39 is 11.7 Å². The van der Waals surface area contributed by atoms with E-state index in [1.54, 1.807) is 0 Å². The first-order chi connectivity index (χ1) is 11.3. The number of amides is 1. The Labute approximate surface area is 138 Å². The zero-order chi connectivity index (χ0) is 17.5. The maximum atomic E-state index is 13.0. The number of anilines is 1. The summed E-state index contributed by atoms with van der Waals surface area (Å²) in [6.07, 6.45) is -3.37. The third kappa shape index (κ3) is 3.36. The van der Waals surface area contributed by atoms with Gasteiger partial charge in [0.15, 0.2) is 0 Å². The Balaban J connectivity index is 1.89. The van der Waals surface area contributed by atoms with Crippen molar-refractivity contribution in [2.45, 2.75) is 45.1 Å². The lowest BCUT2D eigenvalue weighted by atomic mass is 9.91. The Morgan fingerprint density at radius 3 is 2.50 bits per heavy atom. The number of fused-ring (bicyclic) bond motifs is 1. The second-order valence-corrected chi connectivity index (χ2v) is 6.44. The molecule has 3 atom stereocenters. The van der Waals surface area contributed by atoms with Crippen molar-refractivity contribution in [3.8, 4) is 5.75 Å². The minimum absolute atomic E-state index is 0.0373. The van der Waals surface area contributed by atoms with Crippen LogP contribution in [0.1, 0.15) is 32.3 Å². The van der Waals surface area contributed by atoms with Crippen LogP contribution in [-0.2, 0) is 15.7 Å². The number of benzene rings is 1. The van der Waals surface area contributed by atoms with Gasteiger partial charge in [-0.2, -0.15) is 13.2 Å². The second kappa shape index (κ2) is 6.27. The van der Waals surface area contributed by atoms with Crippen LogP contribution in [0.25, 0.3) is 0 Å². The van der Waals surface area contributed by atoms with E-state index >= 15 is 0 Å². The highest BCUT2D eigenvalue weighted by molar-refractivity contribution is 5.97. The Morgan fingerprint density at radius 2 is 1.88 bits per heavy atom. The van der Waals surface area contributed by atoms with Crippen LogP contribution in [0.4, 0.5) is 18.9 Å². The van der Waals surface area contributed by atoms with Crippen molar-refractivity contribution in [1.29, 1.82) is 0 Å². The van der Waals surface area contributed by atoms with Gasteiger partial charge in [-0.05, 0) is 44.9 Å². The number of hydrogen-bond acceptors (Lipinski definition) is 3. The zero-order valence-electron chi connectivity index (χ0n) is 13.6. The van der Waals surface area contributed by atoms with Crippen LogP contribution >= 0.6 is 0 Å². The first-order valence-corrected chi connectivity index (χ1v) is 8.06. The number of hydrogen-bond donors (Lipinski definition) is 0. The van der Waals surface area contributed by atoms with Gasteiger partial charge in [0.2, 0.25) is 5.91 Å². The number of nitrogens with zero attached hydrogens (tertiary/aromatic N) is 1. The van der Waals surface area contributed by atoms with Gasteiger partial charge in [-0.1, -0.05) is 0 Å². The molecule has 0 bridgehead atoms. The van der Waals surface area contributed by atoms with Crippen molar-refractivity contribution >= 4 is 11.6 Å². The van der Waals surface area contributed by atoms with Crippen LogP contribution in [0, 0.1) is 5.92 Å². The Morgan fingerprint density at radius 1 is 1.21 bits per heavy atom. The number of ether oxygens (including phenoxy) is 2. The molecule has 1 unspecified atom stereocenters. The average molecular weight is 343 g/mol. The topological polar surface area (TPSA) is 38.8 Å². The molecule has 132 valence electrons.